The highest BCUT2D eigenvalue weighted by Crippen LogP contribution is 2.30. The van der Waals surface area contributed by atoms with Gasteiger partial charge in [0.1, 0.15) is 19.0 Å². The molecule has 1 aromatic heterocycles. The predicted molar refractivity (Wildman–Crippen MR) is 81.0 cm³/mol. The van der Waals surface area contributed by atoms with Crippen molar-refractivity contribution in [2.45, 2.75) is 25.8 Å². The number of hydrogen-bond acceptors (Lipinski definition) is 4. The van der Waals surface area contributed by atoms with Crippen molar-refractivity contribution in [2.24, 2.45) is 0 Å². The molecule has 1 aromatic carbocycles. The van der Waals surface area contributed by atoms with Crippen LogP contribution in [0.2, 0.25) is 0 Å². The normalized spacial score (nSPS) is 14.9. The summed E-state index contributed by atoms with van der Waals surface area (Å²) >= 11 is 0. The molecule has 0 aliphatic carbocycles. The van der Waals surface area contributed by atoms with Crippen molar-refractivity contribution in [3.05, 3.63) is 47.9 Å². The van der Waals surface area contributed by atoms with Crippen LogP contribution in [0.3, 0.4) is 0 Å². The van der Waals surface area contributed by atoms with Gasteiger partial charge >= 0.3 is 0 Å². The van der Waals surface area contributed by atoms with Crippen molar-refractivity contribution < 1.29 is 13.9 Å². The van der Waals surface area contributed by atoms with Crippen LogP contribution in [0.15, 0.2) is 41.0 Å². The molecule has 21 heavy (non-hydrogen) atoms. The fourth-order valence-electron chi connectivity index (χ4n) is 2.51. The Balaban J connectivity index is 1.46. The third-order valence-electron chi connectivity index (χ3n) is 3.60. The van der Waals surface area contributed by atoms with Gasteiger partial charge in [0, 0.05) is 12.5 Å². The Kier molecular flexibility index (Phi) is 4.46. The van der Waals surface area contributed by atoms with Gasteiger partial charge < -0.3 is 19.2 Å². The van der Waals surface area contributed by atoms with Crippen LogP contribution >= 0.6 is 0 Å². The summed E-state index contributed by atoms with van der Waals surface area (Å²) in [6, 6.07) is 10.5. The van der Waals surface area contributed by atoms with Crippen molar-refractivity contribution in [2.75, 3.05) is 19.8 Å². The molecule has 0 spiro atoms. The molecular formula is C17H21NO3. The first-order chi connectivity index (χ1) is 10.3. The van der Waals surface area contributed by atoms with Gasteiger partial charge in [-0.05, 0) is 49.7 Å². The Morgan fingerprint density at radius 2 is 2.00 bits per heavy atom. The second kappa shape index (κ2) is 6.68. The first kappa shape index (κ1) is 14.0. The van der Waals surface area contributed by atoms with E-state index >= 15 is 0 Å². The lowest BCUT2D eigenvalue weighted by Gasteiger charge is -2.19. The minimum Gasteiger partial charge on any atom is -0.486 e. The molecule has 1 aliphatic rings. The third kappa shape index (κ3) is 3.79. The molecule has 1 N–H and O–H groups in total. The molecule has 0 fully saturated rings. The van der Waals surface area contributed by atoms with Crippen molar-refractivity contribution in [1.82, 2.24) is 5.32 Å². The topological polar surface area (TPSA) is 43.6 Å². The number of ether oxygens (including phenoxy) is 2. The van der Waals surface area contributed by atoms with E-state index in [9.17, 15) is 0 Å². The average molecular weight is 287 g/mol. The Morgan fingerprint density at radius 3 is 2.81 bits per heavy atom. The monoisotopic (exact) mass is 287 g/mol. The predicted octanol–water partition coefficient (Wildman–Crippen LogP) is 2.81. The summed E-state index contributed by atoms with van der Waals surface area (Å²) in [5.41, 5.74) is 1.26. The first-order valence-corrected chi connectivity index (χ1v) is 7.45. The molecule has 3 rings (SSSR count). The van der Waals surface area contributed by atoms with Crippen LogP contribution in [0, 0.1) is 0 Å². The van der Waals surface area contributed by atoms with Gasteiger partial charge in [0.2, 0.25) is 0 Å². The van der Waals surface area contributed by atoms with Crippen LogP contribution < -0.4 is 14.8 Å². The van der Waals surface area contributed by atoms with Crippen LogP contribution in [-0.2, 0) is 12.8 Å². The summed E-state index contributed by atoms with van der Waals surface area (Å²) in [6.45, 7) is 4.38. The molecule has 1 atom stereocenters. The number of nitrogens with one attached hydrogen (secondary N) is 1. The van der Waals surface area contributed by atoms with Crippen LogP contribution in [0.1, 0.15) is 18.2 Å². The summed E-state index contributed by atoms with van der Waals surface area (Å²) in [5, 5.41) is 3.52. The molecule has 0 saturated heterocycles. The largest absolute Gasteiger partial charge is 0.486 e. The Hall–Kier alpha value is -1.94. The summed E-state index contributed by atoms with van der Waals surface area (Å²) in [5.74, 6) is 2.74. The highest BCUT2D eigenvalue weighted by molar-refractivity contribution is 5.43. The van der Waals surface area contributed by atoms with Gasteiger partial charge in [-0.25, -0.2) is 0 Å². The number of hydrogen-bond donors (Lipinski definition) is 1. The molecule has 0 saturated carbocycles. The molecule has 4 heteroatoms. The SMILES string of the molecule is CC(Cc1ccco1)NCCc1ccc2c(c1)OCCO2. The van der Waals surface area contributed by atoms with Crippen molar-refractivity contribution in [3.63, 3.8) is 0 Å². The molecule has 2 aromatic rings. The van der Waals surface area contributed by atoms with Gasteiger partial charge in [0.15, 0.2) is 11.5 Å². The van der Waals surface area contributed by atoms with E-state index in [0.717, 1.165) is 36.6 Å². The minimum atomic E-state index is 0.397. The van der Waals surface area contributed by atoms with E-state index in [2.05, 4.69) is 24.4 Å². The number of fused-ring (bicyclic) bond motifs is 1. The molecule has 0 bridgehead atoms. The maximum atomic E-state index is 5.60. The van der Waals surface area contributed by atoms with Gasteiger partial charge in [0.25, 0.3) is 0 Å². The van der Waals surface area contributed by atoms with Crippen LogP contribution in [0.25, 0.3) is 0 Å². The molecule has 0 amide bonds. The van der Waals surface area contributed by atoms with Gasteiger partial charge in [-0.2, -0.15) is 0 Å². The van der Waals surface area contributed by atoms with Crippen LogP contribution in [-0.4, -0.2) is 25.8 Å². The summed E-state index contributed by atoms with van der Waals surface area (Å²) in [4.78, 5) is 0. The van der Waals surface area contributed by atoms with E-state index in [1.54, 1.807) is 6.26 Å². The second-order valence-corrected chi connectivity index (χ2v) is 5.37. The molecule has 0 radical (unpaired) electrons. The molecule has 4 nitrogen and oxygen atoms in total. The molecule has 112 valence electrons. The maximum absolute atomic E-state index is 5.60. The molecule has 2 heterocycles. The lowest BCUT2D eigenvalue weighted by Crippen LogP contribution is -2.29. The second-order valence-electron chi connectivity index (χ2n) is 5.37. The highest BCUT2D eigenvalue weighted by Gasteiger charge is 2.11. The standard InChI is InChI=1S/C17H21NO3/c1-13(11-15-3-2-8-19-15)18-7-6-14-4-5-16-17(12-14)21-10-9-20-16/h2-5,8,12-13,18H,6-7,9-11H2,1H3. The number of furan rings is 1. The van der Waals surface area contributed by atoms with Gasteiger partial charge in [0.05, 0.1) is 6.26 Å². The fraction of sp³-hybridized carbons (Fsp3) is 0.412. The van der Waals surface area contributed by atoms with Crippen LogP contribution in [0.5, 0.6) is 11.5 Å². The smallest absolute Gasteiger partial charge is 0.161 e. The van der Waals surface area contributed by atoms with E-state index in [4.69, 9.17) is 13.9 Å². The minimum absolute atomic E-state index is 0.397. The van der Waals surface area contributed by atoms with E-state index in [0.29, 0.717) is 19.3 Å². The van der Waals surface area contributed by atoms with E-state index in [1.807, 2.05) is 18.2 Å². The van der Waals surface area contributed by atoms with Gasteiger partial charge in [-0.1, -0.05) is 6.07 Å². The van der Waals surface area contributed by atoms with E-state index in [-0.39, 0.29) is 0 Å². The van der Waals surface area contributed by atoms with Crippen LogP contribution in [0.4, 0.5) is 0 Å². The fourth-order valence-corrected chi connectivity index (χ4v) is 2.51. The van der Waals surface area contributed by atoms with E-state index in [1.165, 1.54) is 5.56 Å². The molecular weight excluding hydrogens is 266 g/mol. The lowest BCUT2D eigenvalue weighted by atomic mass is 10.1. The van der Waals surface area contributed by atoms with Gasteiger partial charge in [-0.3, -0.25) is 0 Å². The number of rotatable bonds is 6. The van der Waals surface area contributed by atoms with Crippen molar-refractivity contribution >= 4 is 0 Å². The van der Waals surface area contributed by atoms with Crippen molar-refractivity contribution in [1.29, 1.82) is 0 Å². The zero-order valence-electron chi connectivity index (χ0n) is 12.3. The maximum Gasteiger partial charge on any atom is 0.161 e. The van der Waals surface area contributed by atoms with Crippen molar-refractivity contribution in [3.8, 4) is 11.5 Å². The zero-order chi connectivity index (χ0) is 14.5. The Morgan fingerprint density at radius 1 is 1.14 bits per heavy atom. The zero-order valence-corrected chi connectivity index (χ0v) is 12.3. The Bertz CT molecular complexity index is 565. The Labute approximate surface area is 125 Å². The van der Waals surface area contributed by atoms with Gasteiger partial charge in [-0.15, -0.1) is 0 Å². The number of benzene rings is 1. The average Bonchev–Trinajstić information content (AvgIpc) is 3.00. The summed E-state index contributed by atoms with van der Waals surface area (Å²) in [6.07, 6.45) is 3.60. The molecule has 1 unspecified atom stereocenters. The summed E-state index contributed by atoms with van der Waals surface area (Å²) < 4.78 is 16.5. The molecule has 1 aliphatic heterocycles. The first-order valence-electron chi connectivity index (χ1n) is 7.45. The van der Waals surface area contributed by atoms with E-state index < -0.39 is 0 Å². The summed E-state index contributed by atoms with van der Waals surface area (Å²) in [7, 11) is 0. The third-order valence-corrected chi connectivity index (χ3v) is 3.60. The quantitative estimate of drug-likeness (QED) is 0.887. The lowest BCUT2D eigenvalue weighted by molar-refractivity contribution is 0.171. The highest BCUT2D eigenvalue weighted by atomic mass is 16.6.